The molecule has 1 atom stereocenters. The Bertz CT molecular complexity index is 1430. The second kappa shape index (κ2) is 11.5. The Morgan fingerprint density at radius 1 is 1.07 bits per heavy atom. The van der Waals surface area contributed by atoms with Gasteiger partial charge >= 0.3 is 11.8 Å². The normalized spacial score (nSPS) is 14.2. The van der Waals surface area contributed by atoms with Crippen molar-refractivity contribution in [2.75, 3.05) is 38.1 Å². The number of nitrogens with one attached hydrogen (secondary N) is 1. The lowest BCUT2D eigenvalue weighted by molar-refractivity contribution is -0.386. The Morgan fingerprint density at radius 2 is 1.75 bits per heavy atom. The summed E-state index contributed by atoms with van der Waals surface area (Å²) in [4.78, 5) is 51.9. The van der Waals surface area contributed by atoms with Crippen LogP contribution in [0.3, 0.4) is 0 Å². The lowest BCUT2D eigenvalue weighted by atomic mass is 10.2. The first-order valence-electron chi connectivity index (χ1n) is 12.8. The largest absolute Gasteiger partial charge is 0.450 e. The van der Waals surface area contributed by atoms with E-state index in [1.54, 1.807) is 56.8 Å². The first-order valence-corrected chi connectivity index (χ1v) is 12.8. The van der Waals surface area contributed by atoms with Crippen LogP contribution < -0.4 is 5.32 Å². The van der Waals surface area contributed by atoms with Gasteiger partial charge in [0, 0.05) is 38.6 Å². The molecule has 40 heavy (non-hydrogen) atoms. The fourth-order valence-corrected chi connectivity index (χ4v) is 4.48. The number of carbonyl (C=O) groups is 3. The quantitative estimate of drug-likeness (QED) is 0.320. The molecule has 1 aliphatic heterocycles. The van der Waals surface area contributed by atoms with E-state index in [1.807, 2.05) is 0 Å². The first-order chi connectivity index (χ1) is 19.0. The van der Waals surface area contributed by atoms with Crippen LogP contribution in [-0.2, 0) is 16.2 Å². The summed E-state index contributed by atoms with van der Waals surface area (Å²) in [6, 6.07) is 0.902. The summed E-state index contributed by atoms with van der Waals surface area (Å²) in [5.74, 6) is -0.623. The zero-order valence-electron chi connectivity index (χ0n) is 23.0. The first kappa shape index (κ1) is 28.3. The average Bonchev–Trinajstić information content (AvgIpc) is 3.61. The molecule has 0 spiro atoms. The van der Waals surface area contributed by atoms with Gasteiger partial charge < -0.3 is 19.9 Å². The van der Waals surface area contributed by atoms with Crippen LogP contribution in [0.25, 0.3) is 0 Å². The van der Waals surface area contributed by atoms with Gasteiger partial charge in [0.25, 0.3) is 5.91 Å². The van der Waals surface area contributed by atoms with E-state index in [2.05, 4.69) is 20.6 Å². The maximum atomic E-state index is 13.1. The topological polar surface area (TPSA) is 176 Å². The van der Waals surface area contributed by atoms with Crippen molar-refractivity contribution < 1.29 is 24.0 Å². The van der Waals surface area contributed by atoms with E-state index in [4.69, 9.17) is 4.74 Å². The maximum absolute atomic E-state index is 13.1. The number of piperazine rings is 1. The molecule has 0 aliphatic carbocycles. The third-order valence-electron chi connectivity index (χ3n) is 6.71. The molecule has 16 nitrogen and oxygen atoms in total. The number of aryl methyl sites for hydroxylation is 2. The van der Waals surface area contributed by atoms with Crippen molar-refractivity contribution in [1.29, 1.82) is 0 Å². The molecule has 3 aromatic heterocycles. The average molecular weight is 557 g/mol. The molecule has 1 aliphatic rings. The van der Waals surface area contributed by atoms with Crippen LogP contribution in [0, 0.1) is 30.9 Å². The number of rotatable bonds is 8. The third-order valence-corrected chi connectivity index (χ3v) is 6.71. The molecule has 1 N–H and O–H groups in total. The molecule has 1 fully saturated rings. The highest BCUT2D eigenvalue weighted by atomic mass is 16.6. The molecule has 0 bridgehead atoms. The Labute approximate surface area is 229 Å². The Kier molecular flexibility index (Phi) is 8.16. The molecule has 1 saturated heterocycles. The van der Waals surface area contributed by atoms with E-state index in [0.29, 0.717) is 55.6 Å². The number of aromatic nitrogens is 6. The van der Waals surface area contributed by atoms with Gasteiger partial charge in [0.2, 0.25) is 5.91 Å². The van der Waals surface area contributed by atoms with Crippen LogP contribution in [-0.4, -0.2) is 94.8 Å². The van der Waals surface area contributed by atoms with Gasteiger partial charge in [-0.3, -0.25) is 29.1 Å². The smallest absolute Gasteiger partial charge is 0.409 e. The number of anilines is 1. The number of amides is 3. The molecule has 0 saturated carbocycles. The van der Waals surface area contributed by atoms with Gasteiger partial charge in [-0.2, -0.15) is 15.3 Å². The fourth-order valence-electron chi connectivity index (χ4n) is 4.48. The molecule has 3 aromatic rings. The van der Waals surface area contributed by atoms with Gasteiger partial charge in [-0.1, -0.05) is 0 Å². The summed E-state index contributed by atoms with van der Waals surface area (Å²) in [5, 5.41) is 26.9. The van der Waals surface area contributed by atoms with Gasteiger partial charge in [0.15, 0.2) is 5.69 Å². The van der Waals surface area contributed by atoms with Crippen molar-refractivity contribution in [1.82, 2.24) is 39.1 Å². The molecule has 4 heterocycles. The lowest BCUT2D eigenvalue weighted by Gasteiger charge is -2.35. The molecule has 214 valence electrons. The lowest BCUT2D eigenvalue weighted by Crippen LogP contribution is -2.52. The van der Waals surface area contributed by atoms with Crippen LogP contribution >= 0.6 is 0 Å². The van der Waals surface area contributed by atoms with Crippen LogP contribution in [0.2, 0.25) is 0 Å². The minimum atomic E-state index is -0.623. The molecule has 4 rings (SSSR count). The van der Waals surface area contributed by atoms with Gasteiger partial charge in [-0.05, 0) is 40.7 Å². The zero-order valence-corrected chi connectivity index (χ0v) is 23.0. The van der Waals surface area contributed by atoms with Gasteiger partial charge in [-0.15, -0.1) is 0 Å². The van der Waals surface area contributed by atoms with Crippen molar-refractivity contribution in [2.45, 2.75) is 47.3 Å². The van der Waals surface area contributed by atoms with Gasteiger partial charge in [0.1, 0.15) is 24.1 Å². The van der Waals surface area contributed by atoms with Crippen LogP contribution in [0.1, 0.15) is 47.5 Å². The van der Waals surface area contributed by atoms with E-state index in [0.717, 1.165) is 0 Å². The van der Waals surface area contributed by atoms with Crippen molar-refractivity contribution in [3.63, 3.8) is 0 Å². The van der Waals surface area contributed by atoms with E-state index < -0.39 is 16.9 Å². The number of nitro groups is 1. The molecular weight excluding hydrogens is 524 g/mol. The number of hydrogen-bond donors (Lipinski definition) is 1. The fraction of sp³-hybridized carbons (Fsp3) is 0.500. The number of hydrogen-bond acceptors (Lipinski definition) is 9. The molecule has 16 heteroatoms. The highest BCUT2D eigenvalue weighted by Gasteiger charge is 2.29. The van der Waals surface area contributed by atoms with Crippen LogP contribution in [0.5, 0.6) is 0 Å². The van der Waals surface area contributed by atoms with E-state index >= 15 is 0 Å². The van der Waals surface area contributed by atoms with E-state index in [-0.39, 0.29) is 30.1 Å². The highest BCUT2D eigenvalue weighted by Crippen LogP contribution is 2.22. The predicted octanol–water partition coefficient (Wildman–Crippen LogP) is 1.73. The van der Waals surface area contributed by atoms with Crippen LogP contribution in [0.15, 0.2) is 18.5 Å². The molecule has 1 unspecified atom stereocenters. The minimum absolute atomic E-state index is 0.0516. The molecule has 0 radical (unpaired) electrons. The number of ether oxygens (including phenoxy) is 1. The number of carbonyl (C=O) groups excluding carboxylic acids is 3. The number of nitrogens with zero attached hydrogens (tertiary/aromatic N) is 9. The second-order valence-electron chi connectivity index (χ2n) is 9.41. The van der Waals surface area contributed by atoms with Crippen molar-refractivity contribution in [2.24, 2.45) is 0 Å². The standard InChI is InChI=1S/C24H32N10O6/c1-6-40-24(37)30-11-9-29(10-12-30)23(36)18(5)32-13-20(15(2)26-32)25-22(35)19-7-8-31(28-19)14-33-17(4)21(34(38)39)16(3)27-33/h7-8,13,18H,6,9-12,14H2,1-5H3,(H,25,35). The SMILES string of the molecule is CCOC(=O)N1CCN(C(=O)C(C)n2cc(NC(=O)c3ccn(Cn4nc(C)c([N+](=O)[O-])c4C)n3)c(C)n2)CC1. The third kappa shape index (κ3) is 5.79. The Morgan fingerprint density at radius 3 is 2.38 bits per heavy atom. The van der Waals surface area contributed by atoms with E-state index in [1.165, 1.54) is 20.1 Å². The Hall–Kier alpha value is -4.76. The minimum Gasteiger partial charge on any atom is -0.450 e. The summed E-state index contributed by atoms with van der Waals surface area (Å²) in [6.45, 7) is 10.3. The summed E-state index contributed by atoms with van der Waals surface area (Å²) < 4.78 is 9.43. The van der Waals surface area contributed by atoms with Gasteiger partial charge in [-0.25, -0.2) is 9.48 Å². The zero-order chi connectivity index (χ0) is 29.1. The predicted molar refractivity (Wildman–Crippen MR) is 141 cm³/mol. The highest BCUT2D eigenvalue weighted by molar-refractivity contribution is 6.03. The summed E-state index contributed by atoms with van der Waals surface area (Å²) in [6.07, 6.45) is 2.79. The summed E-state index contributed by atoms with van der Waals surface area (Å²) in [5.41, 5.74) is 1.72. The maximum Gasteiger partial charge on any atom is 0.409 e. The van der Waals surface area contributed by atoms with Crippen molar-refractivity contribution >= 4 is 29.3 Å². The second-order valence-corrected chi connectivity index (χ2v) is 9.41. The monoisotopic (exact) mass is 556 g/mol. The van der Waals surface area contributed by atoms with E-state index in [9.17, 15) is 24.5 Å². The molecular formula is C24H32N10O6. The summed E-state index contributed by atoms with van der Waals surface area (Å²) in [7, 11) is 0. The molecule has 3 amide bonds. The van der Waals surface area contributed by atoms with Crippen LogP contribution in [0.4, 0.5) is 16.2 Å². The molecule has 0 aromatic carbocycles. The van der Waals surface area contributed by atoms with Gasteiger partial charge in [0.05, 0.1) is 22.9 Å². The van der Waals surface area contributed by atoms with Crippen molar-refractivity contribution in [3.05, 3.63) is 51.4 Å². The van der Waals surface area contributed by atoms with Crippen molar-refractivity contribution in [3.8, 4) is 0 Å². The Balaban J connectivity index is 1.37. The summed E-state index contributed by atoms with van der Waals surface area (Å²) >= 11 is 0.